The third-order valence-electron chi connectivity index (χ3n) is 16.4. The number of hydrogen-bond donors (Lipinski definition) is 1. The van der Waals surface area contributed by atoms with Gasteiger partial charge in [0.2, 0.25) is 0 Å². The minimum atomic E-state index is -4.59. The van der Waals surface area contributed by atoms with E-state index in [-0.39, 0.29) is 35.2 Å². The predicted octanol–water partition coefficient (Wildman–Crippen LogP) is 11.4. The van der Waals surface area contributed by atoms with Gasteiger partial charge in [0.05, 0.1) is 6.04 Å². The second-order valence-electron chi connectivity index (χ2n) is 24.2. The van der Waals surface area contributed by atoms with E-state index in [0.717, 1.165) is 112 Å². The lowest BCUT2D eigenvalue weighted by Crippen LogP contribution is -2.51. The second kappa shape index (κ2) is 23.8. The van der Waals surface area contributed by atoms with Gasteiger partial charge in [-0.05, 0) is 143 Å². The number of amides is 2. The molecule has 1 N–H and O–H groups in total. The number of carbonyl (C=O) groups excluding carboxylic acids is 1. The van der Waals surface area contributed by atoms with Gasteiger partial charge in [0.15, 0.2) is 11.6 Å². The highest BCUT2D eigenvalue weighted by Crippen LogP contribution is 2.38. The number of nitrogens with zero attached hydrogens (tertiary/aromatic N) is 12. The van der Waals surface area contributed by atoms with Crippen LogP contribution in [0.25, 0.3) is 0 Å². The van der Waals surface area contributed by atoms with Crippen LogP contribution in [0.4, 0.5) is 35.9 Å². The largest absolute Gasteiger partial charge is 0.465 e. The Kier molecular flexibility index (Phi) is 17.3. The molecule has 432 valence electrons. The van der Waals surface area contributed by atoms with Gasteiger partial charge in [-0.25, -0.2) is 9.59 Å². The van der Waals surface area contributed by atoms with E-state index in [0.29, 0.717) is 68.2 Å². The number of aromatic nitrogens is 6. The summed E-state index contributed by atoms with van der Waals surface area (Å²) < 4.78 is 86.8. The maximum Gasteiger partial charge on any atom is 0.453 e. The SMILES string of the molecule is CC(C)(C)C1CC(CCc2ccc(C3CCN(C4=Nn5c(nnc5C(F)(F)F)CC4)CC3)cc2)CCN1C(=O)O.CC(C)(C)OC(=O)N1CCCCC1C#Cc1ccc(C2CCN(C3=Nn4c(nnc4C(F)(F)F)CC3)CC2)cc1. The fourth-order valence-corrected chi connectivity index (χ4v) is 12.0. The van der Waals surface area contributed by atoms with E-state index in [1.807, 2.05) is 32.9 Å². The summed E-state index contributed by atoms with van der Waals surface area (Å²) in [5.41, 5.74) is 4.11. The molecule has 0 saturated carbocycles. The average molecular weight is 1120 g/mol. The zero-order chi connectivity index (χ0) is 57.1. The van der Waals surface area contributed by atoms with Crippen molar-refractivity contribution in [2.24, 2.45) is 21.5 Å². The molecule has 4 aromatic rings. The Morgan fingerprint density at radius 2 is 1.14 bits per heavy atom. The van der Waals surface area contributed by atoms with E-state index in [4.69, 9.17) is 4.74 Å². The molecule has 3 unspecified atom stereocenters. The van der Waals surface area contributed by atoms with E-state index >= 15 is 0 Å². The zero-order valence-electron chi connectivity index (χ0n) is 46.7. The van der Waals surface area contributed by atoms with E-state index in [2.05, 4.69) is 109 Å². The first-order valence-corrected chi connectivity index (χ1v) is 28.3. The minimum absolute atomic E-state index is 0.0434. The summed E-state index contributed by atoms with van der Waals surface area (Å²) in [6.07, 6.45) is 1.95. The minimum Gasteiger partial charge on any atom is -0.465 e. The van der Waals surface area contributed by atoms with Gasteiger partial charge in [0.1, 0.15) is 17.3 Å². The fraction of sp³-hybridized carbons (Fsp3) is 0.621. The van der Waals surface area contributed by atoms with Gasteiger partial charge in [-0.2, -0.15) is 45.9 Å². The summed E-state index contributed by atoms with van der Waals surface area (Å²) in [6, 6.07) is 17.0. The monoisotopic (exact) mass is 1120 g/mol. The van der Waals surface area contributed by atoms with Crippen molar-refractivity contribution in [3.8, 4) is 11.8 Å². The van der Waals surface area contributed by atoms with Crippen molar-refractivity contribution in [1.29, 1.82) is 0 Å². The third kappa shape index (κ3) is 14.1. The molecule has 0 spiro atoms. The molecule has 6 aliphatic rings. The van der Waals surface area contributed by atoms with Gasteiger partial charge in [-0.1, -0.05) is 69.0 Å². The fourth-order valence-electron chi connectivity index (χ4n) is 12.0. The van der Waals surface area contributed by atoms with Gasteiger partial charge in [-0.15, -0.1) is 20.4 Å². The molecule has 2 amide bonds. The summed E-state index contributed by atoms with van der Waals surface area (Å²) in [4.78, 5) is 31.9. The van der Waals surface area contributed by atoms with Crippen LogP contribution in [0.3, 0.4) is 0 Å². The van der Waals surface area contributed by atoms with Crippen LogP contribution in [0.2, 0.25) is 0 Å². The van der Waals surface area contributed by atoms with Crippen LogP contribution in [0.15, 0.2) is 58.7 Å². The normalized spacial score (nSPS) is 21.5. The molecule has 6 aliphatic heterocycles. The Hall–Kier alpha value is -6.66. The average Bonchev–Trinajstić information content (AvgIpc) is 4.15. The van der Waals surface area contributed by atoms with Crippen molar-refractivity contribution in [2.45, 2.75) is 180 Å². The molecule has 22 heteroatoms. The molecular formula is C58H74F6N12O4. The molecule has 4 saturated heterocycles. The number of amidine groups is 2. The number of likely N-dealkylation sites (tertiary alicyclic amines) is 4. The standard InChI is InChI=1S/C29H39F3N6O2.C29H35F3N6O2/c1-28(2,3)23-18-20(12-17-37(23)27(39)40)5-4-19-6-8-21(9-7-19)22-13-15-36(16-14-22)25-11-10-24-33-34-26(29(30,31)32)38(24)35-25;1-28(2,3)40-27(39)37-17-5-4-6-23(37)12-9-20-7-10-21(11-8-20)22-15-18-36(19-16-22)25-14-13-24-33-34-26(29(30,31)32)38(24)35-25/h6-9,20,22-23H,4-5,10-18H2,1-3H3,(H,39,40);7-8,10-11,22-23H,4-6,13-19H2,1-3H3. The summed E-state index contributed by atoms with van der Waals surface area (Å²) in [7, 11) is 0. The second-order valence-corrected chi connectivity index (χ2v) is 24.2. The predicted molar refractivity (Wildman–Crippen MR) is 289 cm³/mol. The number of fused-ring (bicyclic) bond motifs is 2. The smallest absolute Gasteiger partial charge is 0.453 e. The first kappa shape index (κ1) is 58.0. The van der Waals surface area contributed by atoms with E-state index < -0.39 is 35.7 Å². The molecule has 2 aromatic heterocycles. The van der Waals surface area contributed by atoms with Crippen LogP contribution in [-0.2, 0) is 36.4 Å². The van der Waals surface area contributed by atoms with Crippen LogP contribution in [0, 0.1) is 23.2 Å². The van der Waals surface area contributed by atoms with Crippen molar-refractivity contribution in [1.82, 2.24) is 49.3 Å². The number of alkyl halides is 6. The maximum absolute atomic E-state index is 13.3. The van der Waals surface area contributed by atoms with Gasteiger partial charge in [0, 0.05) is 76.6 Å². The highest BCUT2D eigenvalue weighted by atomic mass is 19.4. The number of carboxylic acid groups (broad SMARTS) is 1. The summed E-state index contributed by atoms with van der Waals surface area (Å²) >= 11 is 0. The zero-order valence-corrected chi connectivity index (χ0v) is 46.7. The summed E-state index contributed by atoms with van der Waals surface area (Å²) in [5.74, 6) is 7.54. The number of ether oxygens (including phenoxy) is 1. The molecule has 80 heavy (non-hydrogen) atoms. The topological polar surface area (TPSA) is 163 Å². The molecule has 4 fully saturated rings. The number of benzene rings is 2. The summed E-state index contributed by atoms with van der Waals surface area (Å²) in [5, 5.41) is 32.1. The van der Waals surface area contributed by atoms with Crippen molar-refractivity contribution in [3.05, 3.63) is 94.1 Å². The molecule has 8 heterocycles. The lowest BCUT2D eigenvalue weighted by molar-refractivity contribution is -0.148. The Labute approximate surface area is 464 Å². The first-order valence-electron chi connectivity index (χ1n) is 28.3. The molecule has 0 radical (unpaired) electrons. The highest BCUT2D eigenvalue weighted by molar-refractivity contribution is 5.83. The Morgan fingerprint density at radius 3 is 1.61 bits per heavy atom. The van der Waals surface area contributed by atoms with Gasteiger partial charge >= 0.3 is 24.5 Å². The lowest BCUT2D eigenvalue weighted by Gasteiger charge is -2.44. The van der Waals surface area contributed by atoms with Crippen molar-refractivity contribution in [3.63, 3.8) is 0 Å². The van der Waals surface area contributed by atoms with Crippen LogP contribution in [0.5, 0.6) is 0 Å². The first-order chi connectivity index (χ1) is 37.9. The lowest BCUT2D eigenvalue weighted by atomic mass is 9.75. The van der Waals surface area contributed by atoms with E-state index in [1.165, 1.54) is 16.7 Å². The van der Waals surface area contributed by atoms with Gasteiger partial charge in [0.25, 0.3) is 11.6 Å². The molecular weight excluding hydrogens is 1040 g/mol. The number of aryl methyl sites for hydroxylation is 3. The van der Waals surface area contributed by atoms with Crippen molar-refractivity contribution >= 4 is 23.9 Å². The number of piperidine rings is 4. The Balaban J connectivity index is 0.000000194. The molecule has 3 atom stereocenters. The number of halogens is 6. The van der Waals surface area contributed by atoms with Gasteiger partial charge < -0.3 is 24.5 Å². The molecule has 16 nitrogen and oxygen atoms in total. The van der Waals surface area contributed by atoms with Crippen LogP contribution in [0.1, 0.15) is 176 Å². The van der Waals surface area contributed by atoms with Gasteiger partial charge in [-0.3, -0.25) is 4.90 Å². The van der Waals surface area contributed by atoms with Crippen molar-refractivity contribution in [2.75, 3.05) is 39.3 Å². The van der Waals surface area contributed by atoms with E-state index in [9.17, 15) is 41.0 Å². The highest BCUT2D eigenvalue weighted by Gasteiger charge is 2.42. The molecule has 2 aromatic carbocycles. The molecule has 10 rings (SSSR count). The Bertz CT molecular complexity index is 2930. The molecule has 0 aliphatic carbocycles. The maximum atomic E-state index is 13.3. The molecule has 0 bridgehead atoms. The quantitative estimate of drug-likeness (QED) is 0.150. The summed E-state index contributed by atoms with van der Waals surface area (Å²) in [6.45, 7) is 16.2. The van der Waals surface area contributed by atoms with Crippen molar-refractivity contribution < 1.29 is 45.8 Å². The Morgan fingerprint density at radius 1 is 0.625 bits per heavy atom. The van der Waals surface area contributed by atoms with Crippen LogP contribution in [-0.4, -0.2) is 135 Å². The van der Waals surface area contributed by atoms with Crippen LogP contribution < -0.4 is 0 Å². The number of rotatable bonds is 5. The number of hydrogen-bond acceptors (Lipinski definition) is 11. The van der Waals surface area contributed by atoms with E-state index in [1.54, 1.807) is 9.80 Å². The number of carbonyl (C=O) groups is 2. The van der Waals surface area contributed by atoms with Crippen LogP contribution >= 0.6 is 0 Å². The third-order valence-corrected chi connectivity index (χ3v) is 16.4.